The predicted octanol–water partition coefficient (Wildman–Crippen LogP) is -2.24. The maximum Gasteiger partial charge on any atom is 0.0555 e. The minimum Gasteiger partial charge on any atom is -0.395 e. The fourth-order valence-electron chi connectivity index (χ4n) is 0.566. The molecular weight excluding hydrogens is 200 g/mol. The SMILES string of the molecule is C.OCCNCCO.OCCNCCO. The molecule has 0 aromatic heterocycles. The van der Waals surface area contributed by atoms with Gasteiger partial charge in [-0.15, -0.1) is 0 Å². The Kier molecular flexibility index (Phi) is 31.7. The van der Waals surface area contributed by atoms with E-state index in [2.05, 4.69) is 10.6 Å². The smallest absolute Gasteiger partial charge is 0.0555 e. The average Bonchev–Trinajstić information content (AvgIpc) is 2.21. The van der Waals surface area contributed by atoms with E-state index in [1.165, 1.54) is 0 Å². The van der Waals surface area contributed by atoms with Crippen LogP contribution in [0.3, 0.4) is 0 Å². The Morgan fingerprint density at radius 1 is 0.533 bits per heavy atom. The maximum absolute atomic E-state index is 8.15. The summed E-state index contributed by atoms with van der Waals surface area (Å²) in [6.07, 6.45) is 0. The molecule has 0 aromatic rings. The topological polar surface area (TPSA) is 105 Å². The number of hydrogen-bond donors (Lipinski definition) is 6. The van der Waals surface area contributed by atoms with Crippen LogP contribution in [0.2, 0.25) is 0 Å². The van der Waals surface area contributed by atoms with Crippen molar-refractivity contribution in [1.82, 2.24) is 10.6 Å². The molecule has 0 aliphatic rings. The second-order valence-corrected chi connectivity index (χ2v) is 2.39. The van der Waals surface area contributed by atoms with Gasteiger partial charge in [-0.2, -0.15) is 0 Å². The molecule has 96 valence electrons. The fraction of sp³-hybridized carbons (Fsp3) is 1.00. The van der Waals surface area contributed by atoms with E-state index in [0.29, 0.717) is 26.2 Å². The summed E-state index contributed by atoms with van der Waals surface area (Å²) in [7, 11) is 0. The zero-order valence-electron chi connectivity index (χ0n) is 8.45. The molecule has 6 N–H and O–H groups in total. The van der Waals surface area contributed by atoms with E-state index in [9.17, 15) is 0 Å². The van der Waals surface area contributed by atoms with Crippen molar-refractivity contribution in [2.45, 2.75) is 7.43 Å². The van der Waals surface area contributed by atoms with E-state index in [-0.39, 0.29) is 33.9 Å². The van der Waals surface area contributed by atoms with Crippen molar-refractivity contribution >= 4 is 0 Å². The zero-order valence-corrected chi connectivity index (χ0v) is 8.45. The van der Waals surface area contributed by atoms with Gasteiger partial charge in [-0.25, -0.2) is 0 Å². The van der Waals surface area contributed by atoms with Gasteiger partial charge in [0.25, 0.3) is 0 Å². The molecule has 0 aromatic carbocycles. The number of aliphatic hydroxyl groups excluding tert-OH is 4. The van der Waals surface area contributed by atoms with Crippen LogP contribution in [0.1, 0.15) is 7.43 Å². The normalized spacial score (nSPS) is 8.80. The molecule has 15 heavy (non-hydrogen) atoms. The Balaban J connectivity index is -0.000000180. The number of aliphatic hydroxyl groups is 4. The van der Waals surface area contributed by atoms with Crippen LogP contribution in [-0.2, 0) is 0 Å². The van der Waals surface area contributed by atoms with Crippen molar-refractivity contribution in [3.63, 3.8) is 0 Å². The van der Waals surface area contributed by atoms with Gasteiger partial charge in [-0.3, -0.25) is 0 Å². The first-order valence-electron chi connectivity index (χ1n) is 4.68. The summed E-state index contributed by atoms with van der Waals surface area (Å²) in [5.74, 6) is 0. The highest BCUT2D eigenvalue weighted by molar-refractivity contribution is 4.40. The Bertz CT molecular complexity index is 68.5. The summed E-state index contributed by atoms with van der Waals surface area (Å²) in [6, 6.07) is 0. The van der Waals surface area contributed by atoms with Crippen LogP contribution in [0.4, 0.5) is 0 Å². The lowest BCUT2D eigenvalue weighted by molar-refractivity contribution is 0.266. The first-order chi connectivity index (χ1) is 6.83. The summed E-state index contributed by atoms with van der Waals surface area (Å²) >= 11 is 0. The second-order valence-electron chi connectivity index (χ2n) is 2.39. The summed E-state index contributed by atoms with van der Waals surface area (Å²) in [5.41, 5.74) is 0. The van der Waals surface area contributed by atoms with E-state index in [1.807, 2.05) is 0 Å². The highest BCUT2D eigenvalue weighted by atomic mass is 16.3. The molecule has 0 atom stereocenters. The van der Waals surface area contributed by atoms with Gasteiger partial charge >= 0.3 is 0 Å². The minimum absolute atomic E-state index is 0. The quantitative estimate of drug-likeness (QED) is 0.261. The van der Waals surface area contributed by atoms with Crippen molar-refractivity contribution in [3.05, 3.63) is 0 Å². The molecule has 0 saturated heterocycles. The molecular formula is C9H26N2O4. The van der Waals surface area contributed by atoms with Crippen LogP contribution in [0.15, 0.2) is 0 Å². The lowest BCUT2D eigenvalue weighted by Gasteiger charge is -1.94. The van der Waals surface area contributed by atoms with Crippen molar-refractivity contribution in [3.8, 4) is 0 Å². The molecule has 0 spiro atoms. The summed E-state index contributed by atoms with van der Waals surface area (Å²) < 4.78 is 0. The highest BCUT2D eigenvalue weighted by Gasteiger charge is 1.78. The lowest BCUT2D eigenvalue weighted by Crippen LogP contribution is -2.21. The monoisotopic (exact) mass is 226 g/mol. The average molecular weight is 226 g/mol. The van der Waals surface area contributed by atoms with Gasteiger partial charge in [0.05, 0.1) is 26.4 Å². The van der Waals surface area contributed by atoms with Crippen molar-refractivity contribution in [2.75, 3.05) is 52.6 Å². The van der Waals surface area contributed by atoms with Crippen LogP contribution < -0.4 is 10.6 Å². The second kappa shape index (κ2) is 23.5. The zero-order chi connectivity index (χ0) is 11.1. The van der Waals surface area contributed by atoms with Gasteiger partial charge in [-0.05, 0) is 0 Å². The third kappa shape index (κ3) is 31.6. The molecule has 0 fully saturated rings. The molecule has 0 unspecified atom stereocenters. The molecule has 0 aliphatic heterocycles. The summed E-state index contributed by atoms with van der Waals surface area (Å²) in [5, 5.41) is 38.2. The number of hydrogen-bond acceptors (Lipinski definition) is 6. The Hall–Kier alpha value is -0.240. The molecule has 0 bridgehead atoms. The van der Waals surface area contributed by atoms with Gasteiger partial charge in [0.1, 0.15) is 0 Å². The van der Waals surface area contributed by atoms with Crippen LogP contribution in [0, 0.1) is 0 Å². The minimum atomic E-state index is 0. The van der Waals surface area contributed by atoms with Crippen LogP contribution >= 0.6 is 0 Å². The number of rotatable bonds is 8. The molecule has 0 radical (unpaired) electrons. The first-order valence-corrected chi connectivity index (χ1v) is 4.68. The highest BCUT2D eigenvalue weighted by Crippen LogP contribution is 1.54. The van der Waals surface area contributed by atoms with E-state index in [0.717, 1.165) is 0 Å². The van der Waals surface area contributed by atoms with Gasteiger partial charge < -0.3 is 31.1 Å². The lowest BCUT2D eigenvalue weighted by atomic mass is 10.6. The van der Waals surface area contributed by atoms with Gasteiger partial charge in [0, 0.05) is 26.2 Å². The first kappa shape index (κ1) is 20.2. The number of nitrogens with one attached hydrogen (secondary N) is 2. The molecule has 0 amide bonds. The maximum atomic E-state index is 8.15. The molecule has 0 aliphatic carbocycles. The Morgan fingerprint density at radius 3 is 0.867 bits per heavy atom. The molecule has 0 heterocycles. The molecule has 6 heteroatoms. The van der Waals surface area contributed by atoms with Gasteiger partial charge in [-0.1, -0.05) is 7.43 Å². The molecule has 0 rings (SSSR count). The van der Waals surface area contributed by atoms with E-state index in [1.54, 1.807) is 0 Å². The third-order valence-electron chi connectivity index (χ3n) is 1.15. The van der Waals surface area contributed by atoms with Crippen LogP contribution in [0.5, 0.6) is 0 Å². The van der Waals surface area contributed by atoms with E-state index in [4.69, 9.17) is 20.4 Å². The van der Waals surface area contributed by atoms with Crippen molar-refractivity contribution < 1.29 is 20.4 Å². The molecule has 6 nitrogen and oxygen atoms in total. The largest absolute Gasteiger partial charge is 0.395 e. The van der Waals surface area contributed by atoms with Crippen LogP contribution in [0.25, 0.3) is 0 Å². The summed E-state index contributed by atoms with van der Waals surface area (Å²) in [6.45, 7) is 2.84. The van der Waals surface area contributed by atoms with E-state index < -0.39 is 0 Å². The van der Waals surface area contributed by atoms with Crippen molar-refractivity contribution in [1.29, 1.82) is 0 Å². The Morgan fingerprint density at radius 2 is 0.733 bits per heavy atom. The molecule has 0 saturated carbocycles. The fourth-order valence-corrected chi connectivity index (χ4v) is 0.566. The predicted molar refractivity (Wildman–Crippen MR) is 60.8 cm³/mol. The Labute approximate surface area is 91.9 Å². The van der Waals surface area contributed by atoms with Gasteiger partial charge in [0.15, 0.2) is 0 Å². The van der Waals surface area contributed by atoms with Gasteiger partial charge in [0.2, 0.25) is 0 Å². The van der Waals surface area contributed by atoms with Crippen LogP contribution in [-0.4, -0.2) is 73.0 Å². The standard InChI is InChI=1S/2C4H11NO2.CH4/c2*6-3-1-5-2-4-7;/h2*5-7H,1-4H2;1H4. The van der Waals surface area contributed by atoms with Crippen molar-refractivity contribution in [2.24, 2.45) is 0 Å². The van der Waals surface area contributed by atoms with E-state index >= 15 is 0 Å². The summed E-state index contributed by atoms with van der Waals surface area (Å²) in [4.78, 5) is 0. The third-order valence-corrected chi connectivity index (χ3v) is 1.15.